The Bertz CT molecular complexity index is 825. The highest BCUT2D eigenvalue weighted by Gasteiger charge is 2.34. The van der Waals surface area contributed by atoms with Crippen molar-refractivity contribution in [2.24, 2.45) is 0 Å². The number of hydrogen-bond donors (Lipinski definition) is 0. The van der Waals surface area contributed by atoms with E-state index in [0.29, 0.717) is 45.8 Å². The molecule has 0 aromatic heterocycles. The Morgan fingerprint density at radius 2 is 1.83 bits per heavy atom. The standard InChI is InChI=1S/C20H28FN3O4S/c21-17-3-1-16(2-4-17)19-13-22(10-11-28-19)14-20(25)24-8-6-23(7-9-24)18-5-12-29(26,27)15-18/h1-4,18-19H,5-15H2/t18-,19+/m0/s1. The van der Waals surface area contributed by atoms with Gasteiger partial charge in [-0.3, -0.25) is 14.6 Å². The molecule has 0 bridgehead atoms. The number of nitrogens with zero attached hydrogens (tertiary/aromatic N) is 3. The lowest BCUT2D eigenvalue weighted by molar-refractivity contribution is -0.136. The van der Waals surface area contributed by atoms with Crippen LogP contribution >= 0.6 is 0 Å². The molecule has 3 heterocycles. The molecule has 0 saturated carbocycles. The molecule has 0 N–H and O–H groups in total. The summed E-state index contributed by atoms with van der Waals surface area (Å²) in [5.41, 5.74) is 0.920. The zero-order valence-corrected chi connectivity index (χ0v) is 17.3. The van der Waals surface area contributed by atoms with Crippen molar-refractivity contribution in [1.82, 2.24) is 14.7 Å². The van der Waals surface area contributed by atoms with Gasteiger partial charge >= 0.3 is 0 Å². The van der Waals surface area contributed by atoms with E-state index >= 15 is 0 Å². The highest BCUT2D eigenvalue weighted by molar-refractivity contribution is 7.91. The lowest BCUT2D eigenvalue weighted by Crippen LogP contribution is -2.54. The molecule has 29 heavy (non-hydrogen) atoms. The fraction of sp³-hybridized carbons (Fsp3) is 0.650. The van der Waals surface area contributed by atoms with Gasteiger partial charge in [0.1, 0.15) is 5.82 Å². The van der Waals surface area contributed by atoms with Gasteiger partial charge in [0.15, 0.2) is 9.84 Å². The van der Waals surface area contributed by atoms with Crippen LogP contribution in [0.15, 0.2) is 24.3 Å². The van der Waals surface area contributed by atoms with E-state index < -0.39 is 9.84 Å². The third kappa shape index (κ3) is 5.14. The Hall–Kier alpha value is -1.55. The maximum Gasteiger partial charge on any atom is 0.236 e. The van der Waals surface area contributed by atoms with Crippen LogP contribution in [-0.2, 0) is 19.4 Å². The molecule has 0 aliphatic carbocycles. The predicted molar refractivity (Wildman–Crippen MR) is 107 cm³/mol. The first-order valence-corrected chi connectivity index (χ1v) is 12.0. The summed E-state index contributed by atoms with van der Waals surface area (Å²) in [4.78, 5) is 19.0. The Kier molecular flexibility index (Phi) is 6.19. The van der Waals surface area contributed by atoms with Crippen LogP contribution in [0.5, 0.6) is 0 Å². The van der Waals surface area contributed by atoms with Gasteiger partial charge < -0.3 is 9.64 Å². The van der Waals surface area contributed by atoms with Gasteiger partial charge in [-0.1, -0.05) is 12.1 Å². The first-order valence-electron chi connectivity index (χ1n) is 10.2. The number of halogens is 1. The van der Waals surface area contributed by atoms with Gasteiger partial charge in [0.2, 0.25) is 5.91 Å². The van der Waals surface area contributed by atoms with E-state index in [2.05, 4.69) is 9.80 Å². The molecule has 7 nitrogen and oxygen atoms in total. The minimum atomic E-state index is -2.89. The molecule has 1 aromatic rings. The Balaban J connectivity index is 1.26. The van der Waals surface area contributed by atoms with E-state index in [0.717, 1.165) is 18.7 Å². The van der Waals surface area contributed by atoms with Crippen LogP contribution in [0.3, 0.4) is 0 Å². The molecule has 3 saturated heterocycles. The van der Waals surface area contributed by atoms with Gasteiger partial charge in [0.05, 0.1) is 30.8 Å². The molecular weight excluding hydrogens is 397 g/mol. The first kappa shape index (κ1) is 20.7. The molecule has 0 unspecified atom stereocenters. The smallest absolute Gasteiger partial charge is 0.236 e. The van der Waals surface area contributed by atoms with E-state index in [4.69, 9.17) is 4.74 Å². The summed E-state index contributed by atoms with van der Waals surface area (Å²) in [6, 6.07) is 6.42. The van der Waals surface area contributed by atoms with Crippen LogP contribution in [0.2, 0.25) is 0 Å². The third-order valence-corrected chi connectivity index (χ3v) is 7.89. The molecule has 1 aromatic carbocycles. The normalized spacial score (nSPS) is 28.5. The average Bonchev–Trinajstić information content (AvgIpc) is 3.08. The summed E-state index contributed by atoms with van der Waals surface area (Å²) in [7, 11) is -2.89. The number of carbonyl (C=O) groups excluding carboxylic acids is 1. The average molecular weight is 426 g/mol. The van der Waals surface area contributed by atoms with Crippen LogP contribution in [0.25, 0.3) is 0 Å². The molecular formula is C20H28FN3O4S. The van der Waals surface area contributed by atoms with Crippen molar-refractivity contribution < 1.29 is 22.3 Å². The second-order valence-corrected chi connectivity index (χ2v) is 10.3. The van der Waals surface area contributed by atoms with Crippen molar-refractivity contribution in [2.75, 3.05) is 63.9 Å². The fourth-order valence-corrected chi connectivity index (χ4v) is 6.18. The van der Waals surface area contributed by atoms with Crippen molar-refractivity contribution in [1.29, 1.82) is 0 Å². The molecule has 3 aliphatic rings. The Morgan fingerprint density at radius 1 is 1.10 bits per heavy atom. The molecule has 3 aliphatic heterocycles. The lowest BCUT2D eigenvalue weighted by Gasteiger charge is -2.39. The summed E-state index contributed by atoms with van der Waals surface area (Å²) >= 11 is 0. The summed E-state index contributed by atoms with van der Waals surface area (Å²) in [6.45, 7) is 4.93. The van der Waals surface area contributed by atoms with Gasteiger partial charge in [-0.05, 0) is 24.1 Å². The number of morpholine rings is 1. The molecule has 1 amide bonds. The molecule has 0 spiro atoms. The molecule has 160 valence electrons. The molecule has 4 rings (SSSR count). The number of sulfone groups is 1. The van der Waals surface area contributed by atoms with Gasteiger partial charge in [-0.15, -0.1) is 0 Å². The number of rotatable bonds is 4. The monoisotopic (exact) mass is 425 g/mol. The van der Waals surface area contributed by atoms with Crippen LogP contribution in [0, 0.1) is 5.82 Å². The largest absolute Gasteiger partial charge is 0.371 e. The van der Waals surface area contributed by atoms with E-state index in [9.17, 15) is 17.6 Å². The van der Waals surface area contributed by atoms with Crippen LogP contribution in [0.4, 0.5) is 4.39 Å². The van der Waals surface area contributed by atoms with E-state index in [1.807, 2.05) is 4.90 Å². The third-order valence-electron chi connectivity index (χ3n) is 6.14. The highest BCUT2D eigenvalue weighted by atomic mass is 32.2. The summed E-state index contributed by atoms with van der Waals surface area (Å²) in [6.07, 6.45) is 0.549. The highest BCUT2D eigenvalue weighted by Crippen LogP contribution is 2.23. The molecule has 2 atom stereocenters. The topological polar surface area (TPSA) is 70.2 Å². The molecule has 3 fully saturated rings. The Morgan fingerprint density at radius 3 is 2.48 bits per heavy atom. The summed E-state index contributed by atoms with van der Waals surface area (Å²) < 4.78 is 42.3. The number of ether oxygens (including phenoxy) is 1. The van der Waals surface area contributed by atoms with E-state index in [-0.39, 0.29) is 35.4 Å². The van der Waals surface area contributed by atoms with Crippen molar-refractivity contribution >= 4 is 15.7 Å². The fourth-order valence-electron chi connectivity index (χ4n) is 4.42. The van der Waals surface area contributed by atoms with E-state index in [1.54, 1.807) is 12.1 Å². The number of hydrogen-bond acceptors (Lipinski definition) is 6. The van der Waals surface area contributed by atoms with Gasteiger partial charge in [-0.25, -0.2) is 12.8 Å². The van der Waals surface area contributed by atoms with Crippen LogP contribution < -0.4 is 0 Å². The van der Waals surface area contributed by atoms with Crippen molar-refractivity contribution in [3.63, 3.8) is 0 Å². The van der Waals surface area contributed by atoms with Gasteiger partial charge in [0, 0.05) is 45.3 Å². The number of piperazine rings is 1. The van der Waals surface area contributed by atoms with Gasteiger partial charge in [0.25, 0.3) is 0 Å². The summed E-state index contributed by atoms with van der Waals surface area (Å²) in [5.74, 6) is 0.358. The van der Waals surface area contributed by atoms with Crippen LogP contribution in [-0.4, -0.2) is 99.0 Å². The number of amides is 1. The van der Waals surface area contributed by atoms with Crippen molar-refractivity contribution in [3.8, 4) is 0 Å². The minimum Gasteiger partial charge on any atom is -0.371 e. The Labute approximate surface area is 171 Å². The maximum absolute atomic E-state index is 13.1. The molecule has 9 heteroatoms. The minimum absolute atomic E-state index is 0.100. The van der Waals surface area contributed by atoms with Crippen molar-refractivity contribution in [2.45, 2.75) is 18.6 Å². The predicted octanol–water partition coefficient (Wildman–Crippen LogP) is 0.530. The maximum atomic E-state index is 13.1. The second-order valence-electron chi connectivity index (χ2n) is 8.12. The number of benzene rings is 1. The molecule has 0 radical (unpaired) electrons. The van der Waals surface area contributed by atoms with Crippen LogP contribution in [0.1, 0.15) is 18.1 Å². The van der Waals surface area contributed by atoms with Gasteiger partial charge in [-0.2, -0.15) is 0 Å². The first-order chi connectivity index (χ1) is 13.9. The SMILES string of the molecule is O=C(CN1CCO[C@@H](c2ccc(F)cc2)C1)N1CCN([C@H]2CCS(=O)(=O)C2)CC1. The zero-order chi connectivity index (χ0) is 20.4. The zero-order valence-electron chi connectivity index (χ0n) is 16.5. The van der Waals surface area contributed by atoms with E-state index in [1.165, 1.54) is 12.1 Å². The quantitative estimate of drug-likeness (QED) is 0.701. The van der Waals surface area contributed by atoms with Crippen molar-refractivity contribution in [3.05, 3.63) is 35.6 Å². The lowest BCUT2D eigenvalue weighted by atomic mass is 10.1. The summed E-state index contributed by atoms with van der Waals surface area (Å²) in [5, 5.41) is 0. The second kappa shape index (κ2) is 8.67. The number of carbonyl (C=O) groups is 1.